The van der Waals surface area contributed by atoms with Crippen LogP contribution in [0.4, 0.5) is 0 Å². The number of rotatable bonds is 2. The molecule has 4 rings (SSSR count). The van der Waals surface area contributed by atoms with E-state index in [-0.39, 0.29) is 17.2 Å². The van der Waals surface area contributed by atoms with Crippen LogP contribution in [0.25, 0.3) is 0 Å². The Balaban J connectivity index is 1.89. The lowest BCUT2D eigenvalue weighted by atomic mass is 9.47. The normalized spacial score (nSPS) is 49.3. The minimum absolute atomic E-state index is 0.175. The number of carbonyl (C=O) groups is 1. The molecule has 4 saturated carbocycles. The summed E-state index contributed by atoms with van der Waals surface area (Å²) >= 11 is 0. The van der Waals surface area contributed by atoms with Crippen molar-refractivity contribution in [3.05, 3.63) is 0 Å². The Kier molecular flexibility index (Phi) is 2.01. The van der Waals surface area contributed by atoms with Gasteiger partial charge in [0.15, 0.2) is 0 Å². The highest BCUT2D eigenvalue weighted by molar-refractivity contribution is 5.82. The molecule has 4 aliphatic rings. The fourth-order valence-electron chi connectivity index (χ4n) is 4.99. The molecule has 2 heteroatoms. The molecule has 1 atom stereocenters. The quantitative estimate of drug-likeness (QED) is 0.753. The standard InChI is InChI=1S/C13H21NO/c1-8(15)12(14)13-5-9-2-10(6-13)4-11(3-9)7-13/h9-12H,2-7,14H2,1H3/t9?,10?,11?,12-,13?/m1/s1. The van der Waals surface area contributed by atoms with Gasteiger partial charge in [-0.1, -0.05) is 0 Å². The van der Waals surface area contributed by atoms with Gasteiger partial charge in [-0.2, -0.15) is 0 Å². The highest BCUT2D eigenvalue weighted by Crippen LogP contribution is 2.60. The topological polar surface area (TPSA) is 43.1 Å². The minimum Gasteiger partial charge on any atom is -0.321 e. The molecular formula is C13H21NO. The van der Waals surface area contributed by atoms with Gasteiger partial charge in [0, 0.05) is 0 Å². The predicted octanol–water partition coefficient (Wildman–Crippen LogP) is 2.12. The maximum Gasteiger partial charge on any atom is 0.147 e. The second-order valence-corrected chi connectivity index (χ2v) is 6.37. The molecule has 0 unspecified atom stereocenters. The zero-order valence-electron chi connectivity index (χ0n) is 9.54. The van der Waals surface area contributed by atoms with E-state index in [4.69, 9.17) is 5.73 Å². The molecule has 2 N–H and O–H groups in total. The maximum atomic E-state index is 11.5. The van der Waals surface area contributed by atoms with Crippen molar-refractivity contribution in [3.8, 4) is 0 Å². The van der Waals surface area contributed by atoms with Gasteiger partial charge in [-0.25, -0.2) is 0 Å². The Morgan fingerprint density at radius 2 is 1.53 bits per heavy atom. The zero-order valence-corrected chi connectivity index (χ0v) is 9.54. The van der Waals surface area contributed by atoms with Crippen LogP contribution < -0.4 is 5.73 Å². The molecule has 0 saturated heterocycles. The van der Waals surface area contributed by atoms with Crippen LogP contribution in [0.3, 0.4) is 0 Å². The number of carbonyl (C=O) groups excluding carboxylic acids is 1. The summed E-state index contributed by atoms with van der Waals surface area (Å²) in [7, 11) is 0. The lowest BCUT2D eigenvalue weighted by Gasteiger charge is -2.58. The van der Waals surface area contributed by atoms with Crippen LogP contribution in [-0.4, -0.2) is 11.8 Å². The molecule has 0 radical (unpaired) electrons. The second-order valence-electron chi connectivity index (χ2n) is 6.37. The number of hydrogen-bond donors (Lipinski definition) is 1. The molecule has 0 spiro atoms. The minimum atomic E-state index is -0.175. The molecule has 0 heterocycles. The Morgan fingerprint density at radius 1 is 1.13 bits per heavy atom. The summed E-state index contributed by atoms with van der Waals surface area (Å²) in [4.78, 5) is 11.5. The molecule has 0 aliphatic heterocycles. The van der Waals surface area contributed by atoms with Crippen LogP contribution in [0.15, 0.2) is 0 Å². The lowest BCUT2D eigenvalue weighted by molar-refractivity contribution is -0.128. The van der Waals surface area contributed by atoms with Crippen molar-refractivity contribution in [2.24, 2.45) is 28.9 Å². The molecule has 15 heavy (non-hydrogen) atoms. The van der Waals surface area contributed by atoms with E-state index in [0.717, 1.165) is 17.8 Å². The smallest absolute Gasteiger partial charge is 0.147 e. The third-order valence-electron chi connectivity index (χ3n) is 5.18. The highest BCUT2D eigenvalue weighted by atomic mass is 16.1. The Labute approximate surface area is 91.6 Å². The summed E-state index contributed by atoms with van der Waals surface area (Å²) in [5, 5.41) is 0. The van der Waals surface area contributed by atoms with E-state index in [1.807, 2.05) is 0 Å². The third kappa shape index (κ3) is 1.37. The molecular weight excluding hydrogens is 186 g/mol. The molecule has 4 bridgehead atoms. The summed E-state index contributed by atoms with van der Waals surface area (Å²) in [6.07, 6.45) is 7.97. The maximum absolute atomic E-state index is 11.5. The van der Waals surface area contributed by atoms with Crippen LogP contribution in [0, 0.1) is 23.2 Å². The summed E-state index contributed by atoms with van der Waals surface area (Å²) in [5.74, 6) is 2.88. The van der Waals surface area contributed by atoms with Crippen molar-refractivity contribution < 1.29 is 4.79 Å². The van der Waals surface area contributed by atoms with E-state index in [1.165, 1.54) is 38.5 Å². The largest absolute Gasteiger partial charge is 0.321 e. The van der Waals surface area contributed by atoms with Crippen LogP contribution in [0.5, 0.6) is 0 Å². The summed E-state index contributed by atoms with van der Waals surface area (Å²) in [5.41, 5.74) is 6.37. The van der Waals surface area contributed by atoms with E-state index in [0.29, 0.717) is 0 Å². The molecule has 4 aliphatic carbocycles. The first-order chi connectivity index (χ1) is 7.09. The molecule has 0 aromatic carbocycles. The molecule has 0 aromatic rings. The molecule has 84 valence electrons. The van der Waals surface area contributed by atoms with Crippen molar-refractivity contribution >= 4 is 5.78 Å². The first-order valence-corrected chi connectivity index (χ1v) is 6.35. The fourth-order valence-corrected chi connectivity index (χ4v) is 4.99. The molecule has 0 amide bonds. The summed E-state index contributed by atoms with van der Waals surface area (Å²) < 4.78 is 0. The number of ketones is 1. The van der Waals surface area contributed by atoms with E-state index in [1.54, 1.807) is 6.92 Å². The number of Topliss-reactive ketones (excluding diaryl/α,β-unsaturated/α-hetero) is 1. The van der Waals surface area contributed by atoms with Gasteiger partial charge in [0.05, 0.1) is 6.04 Å². The second kappa shape index (κ2) is 3.07. The molecule has 4 fully saturated rings. The van der Waals surface area contributed by atoms with Crippen molar-refractivity contribution in [1.29, 1.82) is 0 Å². The van der Waals surface area contributed by atoms with Gasteiger partial charge < -0.3 is 5.73 Å². The number of hydrogen-bond acceptors (Lipinski definition) is 2. The van der Waals surface area contributed by atoms with E-state index in [2.05, 4.69) is 0 Å². The van der Waals surface area contributed by atoms with Crippen molar-refractivity contribution in [2.45, 2.75) is 51.5 Å². The summed E-state index contributed by atoms with van der Waals surface area (Å²) in [6.45, 7) is 1.67. The predicted molar refractivity (Wildman–Crippen MR) is 59.3 cm³/mol. The SMILES string of the molecule is CC(=O)[C@@H](N)C12CC3CC(CC(C3)C1)C2. The fraction of sp³-hybridized carbons (Fsp3) is 0.923. The van der Waals surface area contributed by atoms with Gasteiger partial charge >= 0.3 is 0 Å². The lowest BCUT2D eigenvalue weighted by Crippen LogP contribution is -2.56. The Morgan fingerprint density at radius 3 is 1.87 bits per heavy atom. The van der Waals surface area contributed by atoms with Gasteiger partial charge in [0.1, 0.15) is 5.78 Å². The van der Waals surface area contributed by atoms with E-state index in [9.17, 15) is 4.79 Å². The number of nitrogens with two attached hydrogens (primary N) is 1. The third-order valence-corrected chi connectivity index (χ3v) is 5.18. The van der Waals surface area contributed by atoms with Crippen molar-refractivity contribution in [1.82, 2.24) is 0 Å². The van der Waals surface area contributed by atoms with Gasteiger partial charge in [0.2, 0.25) is 0 Å². The van der Waals surface area contributed by atoms with Crippen LogP contribution in [-0.2, 0) is 4.79 Å². The average Bonchev–Trinajstić information content (AvgIpc) is 2.14. The van der Waals surface area contributed by atoms with Crippen LogP contribution in [0.2, 0.25) is 0 Å². The monoisotopic (exact) mass is 207 g/mol. The van der Waals surface area contributed by atoms with E-state index < -0.39 is 0 Å². The molecule has 0 aromatic heterocycles. The van der Waals surface area contributed by atoms with Crippen LogP contribution >= 0.6 is 0 Å². The van der Waals surface area contributed by atoms with Gasteiger partial charge in [-0.3, -0.25) is 4.79 Å². The molecule has 2 nitrogen and oxygen atoms in total. The van der Waals surface area contributed by atoms with Crippen molar-refractivity contribution in [2.75, 3.05) is 0 Å². The highest BCUT2D eigenvalue weighted by Gasteiger charge is 2.54. The van der Waals surface area contributed by atoms with Crippen molar-refractivity contribution in [3.63, 3.8) is 0 Å². The van der Waals surface area contributed by atoms with Gasteiger partial charge in [0.25, 0.3) is 0 Å². The summed E-state index contributed by atoms with van der Waals surface area (Å²) in [6, 6.07) is -0.175. The van der Waals surface area contributed by atoms with Gasteiger partial charge in [-0.15, -0.1) is 0 Å². The Bertz CT molecular complexity index is 262. The van der Waals surface area contributed by atoms with E-state index >= 15 is 0 Å². The van der Waals surface area contributed by atoms with Gasteiger partial charge in [-0.05, 0) is 68.6 Å². The Hall–Kier alpha value is -0.370. The first kappa shape index (κ1) is 9.83. The first-order valence-electron chi connectivity index (χ1n) is 6.35. The van der Waals surface area contributed by atoms with Crippen LogP contribution in [0.1, 0.15) is 45.4 Å². The zero-order chi connectivity index (χ0) is 10.6. The average molecular weight is 207 g/mol.